The van der Waals surface area contributed by atoms with Crippen LogP contribution in [0.5, 0.6) is 0 Å². The minimum atomic E-state index is 0.849. The van der Waals surface area contributed by atoms with Crippen molar-refractivity contribution in [3.05, 3.63) is 18.6 Å². The van der Waals surface area contributed by atoms with Crippen LogP contribution in [0.25, 0.3) is 0 Å². The lowest BCUT2D eigenvalue weighted by atomic mass is 10.2. The van der Waals surface area contributed by atoms with Gasteiger partial charge in [0.05, 0.1) is 0 Å². The minimum absolute atomic E-state index is 0.849. The molecule has 0 N–H and O–H groups in total. The van der Waals surface area contributed by atoms with E-state index >= 15 is 0 Å². The molecule has 0 nitrogen and oxygen atoms in total. The van der Waals surface area contributed by atoms with Gasteiger partial charge in [0.25, 0.3) is 0 Å². The summed E-state index contributed by atoms with van der Waals surface area (Å²) in [5.41, 5.74) is 0. The van der Waals surface area contributed by atoms with Crippen molar-refractivity contribution in [1.82, 2.24) is 0 Å². The summed E-state index contributed by atoms with van der Waals surface area (Å²) >= 11 is 0. The zero-order valence-corrected chi connectivity index (χ0v) is 6.14. The van der Waals surface area contributed by atoms with Crippen LogP contribution in [-0.2, 0) is 0 Å². The van der Waals surface area contributed by atoms with E-state index in [-0.39, 0.29) is 0 Å². The summed E-state index contributed by atoms with van der Waals surface area (Å²) < 4.78 is 0. The number of hydrogen-bond donors (Lipinski definition) is 0. The normalized spacial score (nSPS) is 19.2. The first-order valence-corrected chi connectivity index (χ1v) is 3.93. The topological polar surface area (TPSA) is 0 Å². The highest BCUT2D eigenvalue weighted by atomic mass is 14.2. The molecule has 0 aliphatic heterocycles. The second-order valence-corrected chi connectivity index (χ2v) is 2.71. The summed E-state index contributed by atoms with van der Waals surface area (Å²) in [4.78, 5) is 0. The second kappa shape index (κ2) is 3.71. The van der Waals surface area contributed by atoms with Gasteiger partial charge in [-0.05, 0) is 25.2 Å². The van der Waals surface area contributed by atoms with Crippen LogP contribution >= 0.6 is 0 Å². The van der Waals surface area contributed by atoms with Gasteiger partial charge in [-0.3, -0.25) is 0 Å². The van der Waals surface area contributed by atoms with Crippen molar-refractivity contribution in [2.24, 2.45) is 5.92 Å². The maximum Gasteiger partial charge on any atom is -0.0199 e. The maximum atomic E-state index is 2.34. The summed E-state index contributed by atoms with van der Waals surface area (Å²) in [6.45, 7) is 2.23. The van der Waals surface area contributed by atoms with Crippen molar-refractivity contribution in [3.63, 3.8) is 0 Å². The molecule has 1 atom stereocenters. The maximum absolute atomic E-state index is 2.34. The summed E-state index contributed by atoms with van der Waals surface area (Å²) in [7, 11) is 0. The zero-order valence-electron chi connectivity index (χ0n) is 6.14. The SMILES string of the molecule is CCCCC=CC1[CH]C1. The third kappa shape index (κ3) is 3.34. The Morgan fingerprint density at radius 1 is 1.67 bits per heavy atom. The average molecular weight is 123 g/mol. The standard InChI is InChI=1S/C9H15/c1-2-3-4-5-6-9-7-8-9/h5-7,9H,2-4,8H2,1H3. The van der Waals surface area contributed by atoms with Crippen molar-refractivity contribution >= 4 is 0 Å². The molecule has 1 saturated carbocycles. The molecule has 0 spiro atoms. The number of allylic oxidation sites excluding steroid dienone is 2. The largest absolute Gasteiger partial charge is 0.0882 e. The Bertz CT molecular complexity index is 88.2. The molecule has 1 aliphatic rings. The van der Waals surface area contributed by atoms with Crippen LogP contribution in [0.2, 0.25) is 0 Å². The lowest BCUT2D eigenvalue weighted by molar-refractivity contribution is 0.811. The van der Waals surface area contributed by atoms with Gasteiger partial charge in [0.1, 0.15) is 0 Å². The second-order valence-electron chi connectivity index (χ2n) is 2.71. The van der Waals surface area contributed by atoms with Gasteiger partial charge in [-0.1, -0.05) is 31.9 Å². The first-order valence-electron chi connectivity index (χ1n) is 3.93. The molecule has 0 bridgehead atoms. The fourth-order valence-electron chi connectivity index (χ4n) is 0.829. The number of hydrogen-bond acceptors (Lipinski definition) is 0. The highest BCUT2D eigenvalue weighted by Crippen LogP contribution is 2.28. The predicted molar refractivity (Wildman–Crippen MR) is 41.1 cm³/mol. The Labute approximate surface area is 58.0 Å². The fraction of sp³-hybridized carbons (Fsp3) is 0.667. The van der Waals surface area contributed by atoms with Gasteiger partial charge in [0, 0.05) is 0 Å². The van der Waals surface area contributed by atoms with Crippen LogP contribution in [0.4, 0.5) is 0 Å². The van der Waals surface area contributed by atoms with Crippen LogP contribution in [0, 0.1) is 12.3 Å². The molecular formula is C9H15. The van der Waals surface area contributed by atoms with E-state index < -0.39 is 0 Å². The monoisotopic (exact) mass is 123 g/mol. The molecule has 0 aromatic rings. The van der Waals surface area contributed by atoms with E-state index in [1.54, 1.807) is 0 Å². The van der Waals surface area contributed by atoms with Gasteiger partial charge < -0.3 is 0 Å². The molecule has 1 unspecified atom stereocenters. The van der Waals surface area contributed by atoms with Gasteiger partial charge >= 0.3 is 0 Å². The first kappa shape index (κ1) is 6.85. The summed E-state index contributed by atoms with van der Waals surface area (Å²) in [6.07, 6.45) is 12.3. The summed E-state index contributed by atoms with van der Waals surface area (Å²) in [6, 6.07) is 0. The van der Waals surface area contributed by atoms with Crippen molar-refractivity contribution in [1.29, 1.82) is 0 Å². The molecular weight excluding hydrogens is 108 g/mol. The molecule has 0 amide bonds. The molecule has 9 heavy (non-hydrogen) atoms. The highest BCUT2D eigenvalue weighted by molar-refractivity contribution is 5.08. The molecule has 0 heterocycles. The zero-order chi connectivity index (χ0) is 6.53. The molecule has 0 aromatic heterocycles. The number of rotatable bonds is 4. The van der Waals surface area contributed by atoms with E-state index in [9.17, 15) is 0 Å². The Morgan fingerprint density at radius 2 is 2.44 bits per heavy atom. The van der Waals surface area contributed by atoms with Gasteiger partial charge in [-0.2, -0.15) is 0 Å². The van der Waals surface area contributed by atoms with Crippen LogP contribution < -0.4 is 0 Å². The van der Waals surface area contributed by atoms with Crippen molar-refractivity contribution < 1.29 is 0 Å². The van der Waals surface area contributed by atoms with Crippen molar-refractivity contribution in [2.45, 2.75) is 32.6 Å². The first-order chi connectivity index (χ1) is 4.43. The summed E-state index contributed by atoms with van der Waals surface area (Å²) in [5, 5.41) is 0. The molecule has 0 heteroatoms. The molecule has 1 rings (SSSR count). The lowest BCUT2D eigenvalue weighted by Gasteiger charge is -1.86. The Kier molecular flexibility index (Phi) is 2.82. The Morgan fingerprint density at radius 3 is 3.00 bits per heavy atom. The minimum Gasteiger partial charge on any atom is -0.0882 e. The third-order valence-electron chi connectivity index (χ3n) is 1.62. The van der Waals surface area contributed by atoms with Crippen molar-refractivity contribution in [2.75, 3.05) is 0 Å². The third-order valence-corrected chi connectivity index (χ3v) is 1.62. The Balaban J connectivity index is 1.89. The van der Waals surface area contributed by atoms with Crippen molar-refractivity contribution in [3.8, 4) is 0 Å². The number of unbranched alkanes of at least 4 members (excludes halogenated alkanes) is 2. The molecule has 0 aromatic carbocycles. The highest BCUT2D eigenvalue weighted by Gasteiger charge is 2.16. The summed E-state index contributed by atoms with van der Waals surface area (Å²) in [5.74, 6) is 0.849. The van der Waals surface area contributed by atoms with E-state index in [1.165, 1.54) is 25.7 Å². The fourth-order valence-corrected chi connectivity index (χ4v) is 0.829. The molecule has 0 saturated heterocycles. The smallest absolute Gasteiger partial charge is 0.0199 e. The molecule has 1 radical (unpaired) electrons. The van der Waals surface area contributed by atoms with E-state index in [2.05, 4.69) is 25.5 Å². The van der Waals surface area contributed by atoms with Gasteiger partial charge in [-0.25, -0.2) is 0 Å². The van der Waals surface area contributed by atoms with E-state index in [4.69, 9.17) is 0 Å². The van der Waals surface area contributed by atoms with Crippen LogP contribution in [0.15, 0.2) is 12.2 Å². The lowest BCUT2D eigenvalue weighted by Crippen LogP contribution is -1.67. The van der Waals surface area contributed by atoms with Gasteiger partial charge in [0.15, 0.2) is 0 Å². The van der Waals surface area contributed by atoms with E-state index in [1.807, 2.05) is 0 Å². The predicted octanol–water partition coefficient (Wildman–Crippen LogP) is 2.96. The van der Waals surface area contributed by atoms with E-state index in [0.29, 0.717) is 0 Å². The quantitative estimate of drug-likeness (QED) is 0.398. The van der Waals surface area contributed by atoms with Gasteiger partial charge in [-0.15, -0.1) is 0 Å². The van der Waals surface area contributed by atoms with Crippen LogP contribution in [0.3, 0.4) is 0 Å². The molecule has 1 fully saturated rings. The molecule has 1 aliphatic carbocycles. The van der Waals surface area contributed by atoms with Gasteiger partial charge in [0.2, 0.25) is 0 Å². The van der Waals surface area contributed by atoms with Crippen LogP contribution in [-0.4, -0.2) is 0 Å². The average Bonchev–Trinajstić information content (AvgIpc) is 2.63. The van der Waals surface area contributed by atoms with Crippen LogP contribution in [0.1, 0.15) is 32.6 Å². The molecule has 51 valence electrons. The Hall–Kier alpha value is -0.260. The van der Waals surface area contributed by atoms with E-state index in [0.717, 1.165) is 5.92 Å².